The predicted octanol–water partition coefficient (Wildman–Crippen LogP) is 0.776. The molecule has 2 saturated heterocycles. The van der Waals surface area contributed by atoms with E-state index in [1.165, 1.54) is 6.42 Å². The van der Waals surface area contributed by atoms with Gasteiger partial charge >= 0.3 is 6.03 Å². The molecule has 2 heterocycles. The topological polar surface area (TPSA) is 100 Å². The van der Waals surface area contributed by atoms with E-state index in [2.05, 4.69) is 10.6 Å². The quantitative estimate of drug-likeness (QED) is 0.651. The van der Waals surface area contributed by atoms with Gasteiger partial charge in [0.25, 0.3) is 0 Å². The summed E-state index contributed by atoms with van der Waals surface area (Å²) in [6, 6.07) is -0.167. The Morgan fingerprint density at radius 3 is 2.44 bits per heavy atom. The molecule has 0 bridgehead atoms. The molecule has 3 rings (SSSR count). The molecular weight excluding hydrogens is 350 g/mol. The maximum Gasteiger partial charge on any atom is 0.315 e. The molecule has 154 valence electrons. The Hall–Kier alpha value is -1.38. The lowest BCUT2D eigenvalue weighted by Gasteiger charge is -2.37. The van der Waals surface area contributed by atoms with E-state index in [0.717, 1.165) is 25.7 Å². The summed E-state index contributed by atoms with van der Waals surface area (Å²) in [5, 5.41) is 15.7. The second-order valence-electron chi connectivity index (χ2n) is 7.81. The second-order valence-corrected chi connectivity index (χ2v) is 7.81. The minimum atomic E-state index is -0.474. The van der Waals surface area contributed by atoms with E-state index in [4.69, 9.17) is 9.47 Å². The van der Waals surface area contributed by atoms with Gasteiger partial charge in [0.15, 0.2) is 0 Å². The van der Waals surface area contributed by atoms with Crippen LogP contribution in [0.2, 0.25) is 0 Å². The van der Waals surface area contributed by atoms with Gasteiger partial charge < -0.3 is 30.1 Å². The van der Waals surface area contributed by atoms with Crippen LogP contribution in [-0.2, 0) is 14.3 Å². The highest BCUT2D eigenvalue weighted by atomic mass is 16.5. The Morgan fingerprint density at radius 1 is 1.00 bits per heavy atom. The van der Waals surface area contributed by atoms with Crippen LogP contribution in [0.25, 0.3) is 0 Å². The Kier molecular flexibility index (Phi) is 7.72. The molecule has 8 heteroatoms. The van der Waals surface area contributed by atoms with Crippen molar-refractivity contribution < 1.29 is 24.2 Å². The van der Waals surface area contributed by atoms with Gasteiger partial charge in [0.1, 0.15) is 6.10 Å². The Balaban J connectivity index is 1.43. The van der Waals surface area contributed by atoms with Crippen LogP contribution in [0.5, 0.6) is 0 Å². The van der Waals surface area contributed by atoms with Gasteiger partial charge in [-0.2, -0.15) is 0 Å². The van der Waals surface area contributed by atoms with Gasteiger partial charge in [-0.15, -0.1) is 0 Å². The average molecular weight is 383 g/mol. The van der Waals surface area contributed by atoms with Crippen LogP contribution < -0.4 is 10.6 Å². The minimum absolute atomic E-state index is 0.0708. The zero-order chi connectivity index (χ0) is 19.1. The van der Waals surface area contributed by atoms with Gasteiger partial charge in [-0.3, -0.25) is 4.79 Å². The number of nitrogens with zero attached hydrogens (tertiary/aromatic N) is 1. The molecule has 8 nitrogen and oxygen atoms in total. The first-order valence-electron chi connectivity index (χ1n) is 10.3. The molecule has 3 N–H and O–H groups in total. The molecule has 0 unspecified atom stereocenters. The van der Waals surface area contributed by atoms with Gasteiger partial charge in [0.05, 0.1) is 38.4 Å². The average Bonchev–Trinajstić information content (AvgIpc) is 2.70. The highest BCUT2D eigenvalue weighted by Crippen LogP contribution is 2.23. The summed E-state index contributed by atoms with van der Waals surface area (Å²) in [5.41, 5.74) is 0. The first-order chi connectivity index (χ1) is 13.2. The summed E-state index contributed by atoms with van der Waals surface area (Å²) >= 11 is 0. The number of nitrogens with one attached hydrogen (secondary N) is 2. The molecule has 3 amide bonds. The van der Waals surface area contributed by atoms with Crippen molar-refractivity contribution in [3.8, 4) is 0 Å². The Bertz CT molecular complexity index is 492. The van der Waals surface area contributed by atoms with Crippen LogP contribution in [0.15, 0.2) is 0 Å². The van der Waals surface area contributed by atoms with Gasteiger partial charge in [0.2, 0.25) is 5.91 Å². The maximum absolute atomic E-state index is 12.4. The van der Waals surface area contributed by atoms with Crippen molar-refractivity contribution in [1.29, 1.82) is 0 Å². The molecule has 2 aliphatic heterocycles. The number of hydrogen-bond acceptors (Lipinski definition) is 5. The number of aliphatic hydroxyl groups is 1. The fraction of sp³-hybridized carbons (Fsp3) is 0.895. The SMILES string of the molecule is O=C(NC1CCCCC1)N[C@H]1CC[C@H](CC(=O)N2CCOCC2)O[C@H]1CO. The molecule has 0 spiro atoms. The summed E-state index contributed by atoms with van der Waals surface area (Å²) < 4.78 is 11.2. The van der Waals surface area contributed by atoms with Crippen LogP contribution in [-0.4, -0.2) is 79.1 Å². The van der Waals surface area contributed by atoms with E-state index in [9.17, 15) is 14.7 Å². The van der Waals surface area contributed by atoms with E-state index in [1.807, 2.05) is 4.90 Å². The largest absolute Gasteiger partial charge is 0.394 e. The molecular formula is C19H33N3O5. The number of hydrogen-bond donors (Lipinski definition) is 3. The summed E-state index contributed by atoms with van der Waals surface area (Å²) in [4.78, 5) is 26.5. The van der Waals surface area contributed by atoms with Crippen molar-refractivity contribution in [2.45, 2.75) is 75.7 Å². The molecule has 0 radical (unpaired) electrons. The lowest BCUT2D eigenvalue weighted by atomic mass is 9.95. The summed E-state index contributed by atoms with van der Waals surface area (Å²) in [5.74, 6) is 0.0708. The van der Waals surface area contributed by atoms with Gasteiger partial charge in [-0.25, -0.2) is 4.79 Å². The van der Waals surface area contributed by atoms with E-state index in [1.54, 1.807) is 0 Å². The van der Waals surface area contributed by atoms with Gasteiger partial charge in [-0.05, 0) is 25.7 Å². The Labute approximate surface area is 160 Å². The van der Waals surface area contributed by atoms with Crippen molar-refractivity contribution in [2.24, 2.45) is 0 Å². The van der Waals surface area contributed by atoms with Crippen LogP contribution in [0.4, 0.5) is 4.79 Å². The van der Waals surface area contributed by atoms with Crippen LogP contribution in [0.1, 0.15) is 51.4 Å². The van der Waals surface area contributed by atoms with Crippen molar-refractivity contribution >= 4 is 11.9 Å². The molecule has 3 aliphatic rings. The van der Waals surface area contributed by atoms with Crippen molar-refractivity contribution in [2.75, 3.05) is 32.9 Å². The van der Waals surface area contributed by atoms with Crippen molar-refractivity contribution in [3.05, 3.63) is 0 Å². The van der Waals surface area contributed by atoms with Gasteiger partial charge in [0, 0.05) is 19.1 Å². The van der Waals surface area contributed by atoms with Gasteiger partial charge in [-0.1, -0.05) is 19.3 Å². The van der Waals surface area contributed by atoms with Crippen LogP contribution in [0.3, 0.4) is 0 Å². The predicted molar refractivity (Wildman–Crippen MR) is 99.3 cm³/mol. The number of urea groups is 1. The summed E-state index contributed by atoms with van der Waals surface area (Å²) in [6.07, 6.45) is 6.66. The standard InChI is InChI=1S/C19H33N3O5/c23-13-17-16(21-19(25)20-14-4-2-1-3-5-14)7-6-15(27-17)12-18(24)22-8-10-26-11-9-22/h14-17,23H,1-13H2,(H2,20,21,25)/t15-,16+,17+/m1/s1. The van der Waals surface area contributed by atoms with Crippen molar-refractivity contribution in [3.63, 3.8) is 0 Å². The van der Waals surface area contributed by atoms with E-state index in [0.29, 0.717) is 45.6 Å². The molecule has 0 aromatic carbocycles. The third kappa shape index (κ3) is 6.05. The van der Waals surface area contributed by atoms with Crippen LogP contribution >= 0.6 is 0 Å². The monoisotopic (exact) mass is 383 g/mol. The molecule has 1 aliphatic carbocycles. The second kappa shape index (κ2) is 10.2. The minimum Gasteiger partial charge on any atom is -0.394 e. The number of ether oxygens (including phenoxy) is 2. The first kappa shape index (κ1) is 20.4. The molecule has 27 heavy (non-hydrogen) atoms. The molecule has 0 aromatic rings. The zero-order valence-corrected chi connectivity index (χ0v) is 16.0. The molecule has 1 saturated carbocycles. The smallest absolute Gasteiger partial charge is 0.315 e. The van der Waals surface area contributed by atoms with E-state index in [-0.39, 0.29) is 36.7 Å². The third-order valence-electron chi connectivity index (χ3n) is 5.82. The summed E-state index contributed by atoms with van der Waals surface area (Å²) in [6.45, 7) is 2.24. The van der Waals surface area contributed by atoms with E-state index >= 15 is 0 Å². The highest BCUT2D eigenvalue weighted by molar-refractivity contribution is 5.77. The number of aliphatic hydroxyl groups excluding tert-OH is 1. The number of morpholine rings is 1. The molecule has 3 fully saturated rings. The Morgan fingerprint density at radius 2 is 1.74 bits per heavy atom. The summed E-state index contributed by atoms with van der Waals surface area (Å²) in [7, 11) is 0. The van der Waals surface area contributed by atoms with E-state index < -0.39 is 6.10 Å². The zero-order valence-electron chi connectivity index (χ0n) is 16.0. The molecule has 0 aromatic heterocycles. The third-order valence-corrected chi connectivity index (χ3v) is 5.82. The lowest BCUT2D eigenvalue weighted by molar-refractivity contribution is -0.143. The maximum atomic E-state index is 12.4. The lowest BCUT2D eigenvalue weighted by Crippen LogP contribution is -2.55. The first-order valence-corrected chi connectivity index (χ1v) is 10.3. The highest BCUT2D eigenvalue weighted by Gasteiger charge is 2.34. The number of carbonyl (C=O) groups is 2. The number of rotatable bonds is 5. The van der Waals surface area contributed by atoms with Crippen LogP contribution in [0, 0.1) is 0 Å². The number of carbonyl (C=O) groups excluding carboxylic acids is 2. The normalized spacial score (nSPS) is 30.0. The fourth-order valence-electron chi connectivity index (χ4n) is 4.23. The number of amides is 3. The molecule has 3 atom stereocenters. The van der Waals surface area contributed by atoms with Crippen molar-refractivity contribution in [1.82, 2.24) is 15.5 Å². The fourth-order valence-corrected chi connectivity index (χ4v) is 4.23.